The molecule has 3 N–H and O–H groups in total. The van der Waals surface area contributed by atoms with Crippen molar-refractivity contribution in [3.05, 3.63) is 60.4 Å². The van der Waals surface area contributed by atoms with E-state index in [1.807, 2.05) is 48.7 Å². The van der Waals surface area contributed by atoms with Gasteiger partial charge in [-0.05, 0) is 42.5 Å². The van der Waals surface area contributed by atoms with Crippen molar-refractivity contribution in [1.29, 1.82) is 0 Å². The van der Waals surface area contributed by atoms with Gasteiger partial charge in [0.15, 0.2) is 0 Å². The topological polar surface area (TPSA) is 71.2 Å². The second kappa shape index (κ2) is 10.1. The minimum absolute atomic E-state index is 0.0313. The third-order valence-electron chi connectivity index (χ3n) is 5.37. The lowest BCUT2D eigenvalue weighted by Crippen LogP contribution is -2.49. The molecule has 144 valence electrons. The molecule has 1 unspecified atom stereocenters. The van der Waals surface area contributed by atoms with Crippen molar-refractivity contribution in [2.75, 3.05) is 18.0 Å². The van der Waals surface area contributed by atoms with Crippen molar-refractivity contribution in [2.45, 2.75) is 44.7 Å². The van der Waals surface area contributed by atoms with Gasteiger partial charge in [0.1, 0.15) is 0 Å². The fourth-order valence-electron chi connectivity index (χ4n) is 3.92. The summed E-state index contributed by atoms with van der Waals surface area (Å²) in [5.74, 6) is 0.542. The highest BCUT2D eigenvalue weighted by atomic mass is 16.2. The molecule has 1 aromatic carbocycles. The Bertz CT molecular complexity index is 686. The summed E-state index contributed by atoms with van der Waals surface area (Å²) < 4.78 is 0. The maximum absolute atomic E-state index is 12.8. The monoisotopic (exact) mass is 366 g/mol. The van der Waals surface area contributed by atoms with E-state index in [1.54, 1.807) is 6.20 Å². The molecule has 1 heterocycles. The van der Waals surface area contributed by atoms with E-state index in [4.69, 9.17) is 5.73 Å². The van der Waals surface area contributed by atoms with Crippen molar-refractivity contribution >= 4 is 11.6 Å². The van der Waals surface area contributed by atoms with Crippen LogP contribution in [-0.4, -0.2) is 30.0 Å². The molecule has 27 heavy (non-hydrogen) atoms. The summed E-state index contributed by atoms with van der Waals surface area (Å²) in [7, 11) is 0. The third kappa shape index (κ3) is 5.79. The smallest absolute Gasteiger partial charge is 0.239 e. The van der Waals surface area contributed by atoms with E-state index in [-0.39, 0.29) is 11.9 Å². The molecule has 1 saturated carbocycles. The van der Waals surface area contributed by atoms with E-state index >= 15 is 0 Å². The SMILES string of the molecule is NCC(NC(=O)CN(Cc1cccnc1)c1ccccc1)C1CCCCC1. The first kappa shape index (κ1) is 19.4. The zero-order valence-electron chi connectivity index (χ0n) is 15.9. The molecule has 1 aromatic heterocycles. The summed E-state index contributed by atoms with van der Waals surface area (Å²) in [6, 6.07) is 14.1. The summed E-state index contributed by atoms with van der Waals surface area (Å²) in [6.07, 6.45) is 9.73. The van der Waals surface area contributed by atoms with Crippen LogP contribution in [0.1, 0.15) is 37.7 Å². The average molecular weight is 367 g/mol. The largest absolute Gasteiger partial charge is 0.358 e. The van der Waals surface area contributed by atoms with Gasteiger partial charge in [-0.1, -0.05) is 43.5 Å². The number of hydrogen-bond acceptors (Lipinski definition) is 4. The Kier molecular flexibility index (Phi) is 7.22. The van der Waals surface area contributed by atoms with Crippen molar-refractivity contribution in [1.82, 2.24) is 10.3 Å². The molecule has 0 bridgehead atoms. The second-order valence-electron chi connectivity index (χ2n) is 7.36. The molecule has 3 rings (SSSR count). The molecule has 1 aliphatic rings. The number of nitrogens with zero attached hydrogens (tertiary/aromatic N) is 2. The maximum Gasteiger partial charge on any atom is 0.239 e. The highest BCUT2D eigenvalue weighted by molar-refractivity contribution is 5.81. The highest BCUT2D eigenvalue weighted by Gasteiger charge is 2.24. The molecule has 5 heteroatoms. The van der Waals surface area contributed by atoms with Gasteiger partial charge in [-0.25, -0.2) is 0 Å². The quantitative estimate of drug-likeness (QED) is 0.753. The summed E-state index contributed by atoms with van der Waals surface area (Å²) >= 11 is 0. The second-order valence-corrected chi connectivity index (χ2v) is 7.36. The van der Waals surface area contributed by atoms with Gasteiger partial charge in [0, 0.05) is 37.2 Å². The van der Waals surface area contributed by atoms with Gasteiger partial charge >= 0.3 is 0 Å². The van der Waals surface area contributed by atoms with Crippen molar-refractivity contribution in [3.63, 3.8) is 0 Å². The van der Waals surface area contributed by atoms with Crippen LogP contribution in [0.15, 0.2) is 54.9 Å². The first-order valence-electron chi connectivity index (χ1n) is 9.94. The minimum Gasteiger partial charge on any atom is -0.358 e. The van der Waals surface area contributed by atoms with Crippen LogP contribution in [0.2, 0.25) is 0 Å². The predicted molar refractivity (Wildman–Crippen MR) is 109 cm³/mol. The number of anilines is 1. The fourth-order valence-corrected chi connectivity index (χ4v) is 3.92. The van der Waals surface area contributed by atoms with Crippen molar-refractivity contribution in [3.8, 4) is 0 Å². The third-order valence-corrected chi connectivity index (χ3v) is 5.37. The molecule has 1 aliphatic carbocycles. The van der Waals surface area contributed by atoms with Gasteiger partial charge in [-0.15, -0.1) is 0 Å². The Labute approximate surface area is 162 Å². The first-order chi connectivity index (χ1) is 13.3. The molecule has 2 aromatic rings. The van der Waals surface area contributed by atoms with Crippen LogP contribution in [0.3, 0.4) is 0 Å². The van der Waals surface area contributed by atoms with Crippen LogP contribution in [0.5, 0.6) is 0 Å². The van der Waals surface area contributed by atoms with Gasteiger partial charge < -0.3 is 16.0 Å². The lowest BCUT2D eigenvalue weighted by molar-refractivity contribution is -0.120. The van der Waals surface area contributed by atoms with E-state index < -0.39 is 0 Å². The molecule has 1 fully saturated rings. The Morgan fingerprint density at radius 1 is 1.15 bits per heavy atom. The number of carbonyl (C=O) groups is 1. The Hall–Kier alpha value is -2.40. The average Bonchev–Trinajstić information content (AvgIpc) is 2.73. The fraction of sp³-hybridized carbons (Fsp3) is 0.455. The van der Waals surface area contributed by atoms with Crippen LogP contribution in [-0.2, 0) is 11.3 Å². The number of pyridine rings is 1. The maximum atomic E-state index is 12.8. The van der Waals surface area contributed by atoms with Gasteiger partial charge in [0.25, 0.3) is 0 Å². The molecule has 0 radical (unpaired) electrons. The van der Waals surface area contributed by atoms with E-state index in [0.29, 0.717) is 25.6 Å². The van der Waals surface area contributed by atoms with E-state index in [0.717, 1.165) is 11.3 Å². The zero-order chi connectivity index (χ0) is 18.9. The molecular weight excluding hydrogens is 336 g/mol. The van der Waals surface area contributed by atoms with Gasteiger partial charge in [-0.2, -0.15) is 0 Å². The molecule has 1 amide bonds. The van der Waals surface area contributed by atoms with E-state index in [2.05, 4.69) is 15.2 Å². The van der Waals surface area contributed by atoms with Crippen LogP contribution >= 0.6 is 0 Å². The summed E-state index contributed by atoms with van der Waals surface area (Å²) in [4.78, 5) is 19.1. The van der Waals surface area contributed by atoms with Gasteiger partial charge in [-0.3, -0.25) is 9.78 Å². The number of rotatable bonds is 8. The number of aromatic nitrogens is 1. The zero-order valence-corrected chi connectivity index (χ0v) is 15.9. The lowest BCUT2D eigenvalue weighted by Gasteiger charge is -2.31. The first-order valence-corrected chi connectivity index (χ1v) is 9.94. The van der Waals surface area contributed by atoms with E-state index in [9.17, 15) is 4.79 Å². The molecule has 0 saturated heterocycles. The highest BCUT2D eigenvalue weighted by Crippen LogP contribution is 2.26. The van der Waals surface area contributed by atoms with Crippen molar-refractivity contribution < 1.29 is 4.79 Å². The molecule has 1 atom stereocenters. The summed E-state index contributed by atoms with van der Waals surface area (Å²) in [6.45, 7) is 1.45. The minimum atomic E-state index is 0.0313. The molecule has 5 nitrogen and oxygen atoms in total. The van der Waals surface area contributed by atoms with Gasteiger partial charge in [0.05, 0.1) is 6.54 Å². The Morgan fingerprint density at radius 2 is 1.93 bits per heavy atom. The Balaban J connectivity index is 1.66. The lowest BCUT2D eigenvalue weighted by atomic mass is 9.84. The van der Waals surface area contributed by atoms with Crippen LogP contribution < -0.4 is 16.0 Å². The molecule has 0 spiro atoms. The number of carbonyl (C=O) groups excluding carboxylic acids is 1. The number of nitrogens with one attached hydrogen (secondary N) is 1. The number of nitrogens with two attached hydrogens (primary N) is 1. The van der Waals surface area contributed by atoms with Crippen molar-refractivity contribution in [2.24, 2.45) is 11.7 Å². The number of benzene rings is 1. The number of amides is 1. The van der Waals surface area contributed by atoms with E-state index in [1.165, 1.54) is 32.1 Å². The predicted octanol–water partition coefficient (Wildman–Crippen LogP) is 3.11. The van der Waals surface area contributed by atoms with Crippen LogP contribution in [0.25, 0.3) is 0 Å². The molecular formula is C22H30N4O. The molecule has 0 aliphatic heterocycles. The Morgan fingerprint density at radius 3 is 2.59 bits per heavy atom. The summed E-state index contributed by atoms with van der Waals surface area (Å²) in [5, 5.41) is 3.20. The number of hydrogen-bond donors (Lipinski definition) is 2. The standard InChI is InChI=1S/C22H30N4O/c23-14-21(19-9-3-1-4-10-19)25-22(27)17-26(20-11-5-2-6-12-20)16-18-8-7-13-24-15-18/h2,5-8,11-13,15,19,21H,1,3-4,9-10,14,16-17,23H2,(H,25,27). The summed E-state index contributed by atoms with van der Waals surface area (Å²) in [5.41, 5.74) is 8.09. The van der Waals surface area contributed by atoms with Crippen LogP contribution in [0.4, 0.5) is 5.69 Å². The normalized spacial score (nSPS) is 15.9. The number of para-hydroxylation sites is 1. The van der Waals surface area contributed by atoms with Gasteiger partial charge in [0.2, 0.25) is 5.91 Å². The van der Waals surface area contributed by atoms with Crippen LogP contribution in [0, 0.1) is 5.92 Å².